The van der Waals surface area contributed by atoms with Crippen LogP contribution in [0.25, 0.3) is 0 Å². The fourth-order valence-corrected chi connectivity index (χ4v) is 2.63. The van der Waals surface area contributed by atoms with Gasteiger partial charge in [-0.05, 0) is 38.8 Å². The van der Waals surface area contributed by atoms with Gasteiger partial charge in [-0.2, -0.15) is 0 Å². The van der Waals surface area contributed by atoms with Crippen LogP contribution in [0.5, 0.6) is 0 Å². The van der Waals surface area contributed by atoms with E-state index in [0.29, 0.717) is 31.5 Å². The van der Waals surface area contributed by atoms with Gasteiger partial charge in [0, 0.05) is 24.6 Å². The van der Waals surface area contributed by atoms with Gasteiger partial charge < -0.3 is 16.0 Å². The Morgan fingerprint density at radius 2 is 1.74 bits per heavy atom. The number of hydrogen-bond acceptors (Lipinski definition) is 3. The van der Waals surface area contributed by atoms with Crippen molar-refractivity contribution >= 4 is 17.7 Å². The van der Waals surface area contributed by atoms with E-state index in [1.54, 1.807) is 11.8 Å². The zero-order chi connectivity index (χ0) is 17.0. The predicted molar refractivity (Wildman–Crippen MR) is 86.6 cm³/mol. The zero-order valence-corrected chi connectivity index (χ0v) is 13.5. The number of likely N-dealkylation sites (tertiary alicyclic amines) is 1. The Kier molecular flexibility index (Phi) is 5.36. The van der Waals surface area contributed by atoms with Gasteiger partial charge in [-0.25, -0.2) is 0 Å². The Labute approximate surface area is 136 Å². The number of nitrogens with two attached hydrogens (primary N) is 1. The lowest BCUT2D eigenvalue weighted by Gasteiger charge is -2.31. The lowest BCUT2D eigenvalue weighted by Crippen LogP contribution is -2.48. The van der Waals surface area contributed by atoms with Gasteiger partial charge in [-0.15, -0.1) is 0 Å². The van der Waals surface area contributed by atoms with E-state index >= 15 is 0 Å². The number of nitrogens with zero attached hydrogens (tertiary/aromatic N) is 1. The SMILES string of the molecule is Cc1ccc(C(=O)N2CCC(C(=O)N[C@@H](C)C(N)=O)CC2)cc1. The highest BCUT2D eigenvalue weighted by Gasteiger charge is 2.28. The summed E-state index contributed by atoms with van der Waals surface area (Å²) in [5, 5.41) is 2.61. The second-order valence-corrected chi connectivity index (χ2v) is 6.07. The number of benzene rings is 1. The molecule has 1 atom stereocenters. The Morgan fingerprint density at radius 1 is 1.17 bits per heavy atom. The highest BCUT2D eigenvalue weighted by Crippen LogP contribution is 2.19. The first kappa shape index (κ1) is 17.0. The summed E-state index contributed by atoms with van der Waals surface area (Å²) in [4.78, 5) is 37.3. The van der Waals surface area contributed by atoms with Gasteiger partial charge in [0.25, 0.3) is 5.91 Å². The highest BCUT2D eigenvalue weighted by molar-refractivity contribution is 5.94. The van der Waals surface area contributed by atoms with Crippen molar-refractivity contribution in [2.24, 2.45) is 11.7 Å². The maximum atomic E-state index is 12.4. The summed E-state index contributed by atoms with van der Waals surface area (Å²) in [6.45, 7) is 4.62. The average molecular weight is 317 g/mol. The Balaban J connectivity index is 1.88. The number of carbonyl (C=O) groups is 3. The number of rotatable bonds is 4. The van der Waals surface area contributed by atoms with E-state index in [1.165, 1.54) is 0 Å². The minimum absolute atomic E-state index is 0.00522. The predicted octanol–water partition coefficient (Wildman–Crippen LogP) is 0.837. The van der Waals surface area contributed by atoms with E-state index in [1.807, 2.05) is 31.2 Å². The van der Waals surface area contributed by atoms with Crippen LogP contribution in [0.15, 0.2) is 24.3 Å². The minimum Gasteiger partial charge on any atom is -0.368 e. The van der Waals surface area contributed by atoms with Crippen LogP contribution in [0, 0.1) is 12.8 Å². The molecule has 1 saturated heterocycles. The summed E-state index contributed by atoms with van der Waals surface area (Å²) in [5.41, 5.74) is 6.92. The summed E-state index contributed by atoms with van der Waals surface area (Å²) in [7, 11) is 0. The van der Waals surface area contributed by atoms with Gasteiger partial charge in [-0.1, -0.05) is 17.7 Å². The van der Waals surface area contributed by atoms with Gasteiger partial charge in [0.05, 0.1) is 0 Å². The van der Waals surface area contributed by atoms with Crippen LogP contribution in [-0.2, 0) is 9.59 Å². The van der Waals surface area contributed by atoms with E-state index in [9.17, 15) is 14.4 Å². The van der Waals surface area contributed by atoms with Crippen molar-refractivity contribution in [1.29, 1.82) is 0 Å². The number of carbonyl (C=O) groups excluding carboxylic acids is 3. The molecule has 3 amide bonds. The van der Waals surface area contributed by atoms with Crippen molar-refractivity contribution < 1.29 is 14.4 Å². The molecular formula is C17H23N3O3. The van der Waals surface area contributed by atoms with Crippen LogP contribution in [0.3, 0.4) is 0 Å². The number of amides is 3. The monoisotopic (exact) mass is 317 g/mol. The van der Waals surface area contributed by atoms with E-state index < -0.39 is 11.9 Å². The molecule has 0 aromatic heterocycles. The van der Waals surface area contributed by atoms with Gasteiger partial charge in [-0.3, -0.25) is 14.4 Å². The zero-order valence-electron chi connectivity index (χ0n) is 13.5. The second-order valence-electron chi connectivity index (χ2n) is 6.07. The highest BCUT2D eigenvalue weighted by atomic mass is 16.2. The topological polar surface area (TPSA) is 92.5 Å². The van der Waals surface area contributed by atoms with Crippen LogP contribution in [0.1, 0.15) is 35.7 Å². The number of hydrogen-bond donors (Lipinski definition) is 2. The van der Waals surface area contributed by atoms with Crippen molar-refractivity contribution in [3.05, 3.63) is 35.4 Å². The van der Waals surface area contributed by atoms with Crippen LogP contribution < -0.4 is 11.1 Å². The standard InChI is InChI=1S/C17H23N3O3/c1-11-3-5-14(6-4-11)17(23)20-9-7-13(8-10-20)16(22)19-12(2)15(18)21/h3-6,12-13H,7-10H2,1-2H3,(H2,18,21)(H,19,22)/t12-/m0/s1. The third kappa shape index (κ3) is 4.31. The Hall–Kier alpha value is -2.37. The molecule has 0 spiro atoms. The summed E-state index contributed by atoms with van der Waals surface area (Å²) in [5.74, 6) is -0.905. The Bertz CT molecular complexity index is 590. The largest absolute Gasteiger partial charge is 0.368 e. The van der Waals surface area contributed by atoms with Gasteiger partial charge in [0.1, 0.15) is 6.04 Å². The van der Waals surface area contributed by atoms with Crippen molar-refractivity contribution in [3.63, 3.8) is 0 Å². The first-order valence-electron chi connectivity index (χ1n) is 7.84. The van der Waals surface area contributed by atoms with Crippen molar-refractivity contribution in [2.45, 2.75) is 32.7 Å². The lowest BCUT2D eigenvalue weighted by molar-refractivity contribution is -0.130. The molecule has 0 aliphatic carbocycles. The normalized spacial score (nSPS) is 16.7. The number of nitrogens with one attached hydrogen (secondary N) is 1. The van der Waals surface area contributed by atoms with Gasteiger partial charge >= 0.3 is 0 Å². The summed E-state index contributed by atoms with van der Waals surface area (Å²) < 4.78 is 0. The van der Waals surface area contributed by atoms with Crippen molar-refractivity contribution in [1.82, 2.24) is 10.2 Å². The molecule has 6 heteroatoms. The molecule has 3 N–H and O–H groups in total. The van der Waals surface area contributed by atoms with E-state index in [-0.39, 0.29) is 17.7 Å². The van der Waals surface area contributed by atoms with Crippen molar-refractivity contribution in [3.8, 4) is 0 Å². The first-order chi connectivity index (χ1) is 10.9. The molecule has 1 fully saturated rings. The average Bonchev–Trinajstić information content (AvgIpc) is 2.55. The molecule has 1 aromatic carbocycles. The van der Waals surface area contributed by atoms with Gasteiger partial charge in [0.2, 0.25) is 11.8 Å². The molecule has 1 aliphatic rings. The van der Waals surface area contributed by atoms with Crippen LogP contribution in [-0.4, -0.2) is 41.8 Å². The second kappa shape index (κ2) is 7.26. The molecule has 0 saturated carbocycles. The van der Waals surface area contributed by atoms with Crippen LogP contribution in [0.2, 0.25) is 0 Å². The summed E-state index contributed by atoms with van der Waals surface area (Å²) >= 11 is 0. The summed E-state index contributed by atoms with van der Waals surface area (Å²) in [6, 6.07) is 6.81. The Morgan fingerprint density at radius 3 is 2.26 bits per heavy atom. The maximum Gasteiger partial charge on any atom is 0.253 e. The van der Waals surface area contributed by atoms with Crippen LogP contribution >= 0.6 is 0 Å². The van der Waals surface area contributed by atoms with Crippen LogP contribution in [0.4, 0.5) is 0 Å². The molecule has 0 bridgehead atoms. The third-order valence-electron chi connectivity index (χ3n) is 4.24. The molecule has 0 radical (unpaired) electrons. The molecule has 23 heavy (non-hydrogen) atoms. The van der Waals surface area contributed by atoms with Gasteiger partial charge in [0.15, 0.2) is 0 Å². The molecule has 2 rings (SSSR count). The van der Waals surface area contributed by atoms with Crippen molar-refractivity contribution in [2.75, 3.05) is 13.1 Å². The van der Waals surface area contributed by atoms with E-state index in [2.05, 4.69) is 5.32 Å². The molecule has 0 unspecified atom stereocenters. The minimum atomic E-state index is -0.672. The smallest absolute Gasteiger partial charge is 0.253 e. The van der Waals surface area contributed by atoms with E-state index in [0.717, 1.165) is 5.56 Å². The number of aryl methyl sites for hydroxylation is 1. The maximum absolute atomic E-state index is 12.4. The number of piperidine rings is 1. The summed E-state index contributed by atoms with van der Waals surface area (Å²) in [6.07, 6.45) is 1.18. The third-order valence-corrected chi connectivity index (χ3v) is 4.24. The molecular weight excluding hydrogens is 294 g/mol. The molecule has 1 heterocycles. The van der Waals surface area contributed by atoms with E-state index in [4.69, 9.17) is 5.73 Å². The molecule has 1 aliphatic heterocycles. The first-order valence-corrected chi connectivity index (χ1v) is 7.84. The lowest BCUT2D eigenvalue weighted by atomic mass is 9.95. The fourth-order valence-electron chi connectivity index (χ4n) is 2.63. The number of primary amides is 1. The fraction of sp³-hybridized carbons (Fsp3) is 0.471. The molecule has 1 aromatic rings. The molecule has 124 valence electrons. The molecule has 6 nitrogen and oxygen atoms in total. The quantitative estimate of drug-likeness (QED) is 0.862.